The van der Waals surface area contributed by atoms with Crippen LogP contribution in [-0.2, 0) is 11.3 Å². The summed E-state index contributed by atoms with van der Waals surface area (Å²) in [7, 11) is 1.59. The summed E-state index contributed by atoms with van der Waals surface area (Å²) in [6, 6.07) is 10.3. The molecule has 1 N–H and O–H groups in total. The summed E-state index contributed by atoms with van der Waals surface area (Å²) in [6.07, 6.45) is 0. The van der Waals surface area contributed by atoms with Crippen LogP contribution >= 0.6 is 11.3 Å². The lowest BCUT2D eigenvalue weighted by Crippen LogP contribution is -2.29. The van der Waals surface area contributed by atoms with Gasteiger partial charge in [-0.1, -0.05) is 12.1 Å². The molecule has 23 heavy (non-hydrogen) atoms. The Morgan fingerprint density at radius 2 is 2.22 bits per heavy atom. The fourth-order valence-electron chi connectivity index (χ4n) is 2.51. The summed E-state index contributed by atoms with van der Waals surface area (Å²) < 4.78 is 21.3. The smallest absolute Gasteiger partial charge is 0.268 e. The third-order valence-electron chi connectivity index (χ3n) is 3.58. The van der Waals surface area contributed by atoms with Crippen LogP contribution in [0.4, 0.5) is 4.39 Å². The Labute approximate surface area is 137 Å². The lowest BCUT2D eigenvalue weighted by atomic mass is 10.2. The monoisotopic (exact) mass is 332 g/mol. The van der Waals surface area contributed by atoms with Crippen LogP contribution < -0.4 is 5.32 Å². The Balaban J connectivity index is 1.92. The molecule has 1 aromatic carbocycles. The molecule has 3 aromatic rings. The molecule has 0 radical (unpaired) electrons. The van der Waals surface area contributed by atoms with E-state index < -0.39 is 0 Å². The van der Waals surface area contributed by atoms with Gasteiger partial charge in [0.2, 0.25) is 0 Å². The number of aromatic nitrogens is 1. The summed E-state index contributed by atoms with van der Waals surface area (Å²) >= 11 is 1.58. The van der Waals surface area contributed by atoms with Crippen LogP contribution in [0.15, 0.2) is 41.8 Å². The average molecular weight is 332 g/mol. The molecule has 4 nitrogen and oxygen atoms in total. The lowest BCUT2D eigenvalue weighted by molar-refractivity contribution is 0.0929. The molecule has 0 aliphatic carbocycles. The normalized spacial score (nSPS) is 11.0. The van der Waals surface area contributed by atoms with Gasteiger partial charge in [-0.25, -0.2) is 4.39 Å². The largest absolute Gasteiger partial charge is 0.383 e. The zero-order chi connectivity index (χ0) is 16.2. The molecule has 3 rings (SSSR count). The van der Waals surface area contributed by atoms with Gasteiger partial charge in [0, 0.05) is 20.2 Å². The number of nitrogens with zero attached hydrogens (tertiary/aromatic N) is 1. The maximum absolute atomic E-state index is 13.4. The molecule has 0 saturated carbocycles. The average Bonchev–Trinajstić information content (AvgIpc) is 3.10. The van der Waals surface area contributed by atoms with E-state index in [1.165, 1.54) is 12.1 Å². The first-order valence-electron chi connectivity index (χ1n) is 7.27. The number of hydrogen-bond acceptors (Lipinski definition) is 3. The number of fused-ring (bicyclic) bond motifs is 1. The van der Waals surface area contributed by atoms with Gasteiger partial charge in [-0.15, -0.1) is 11.3 Å². The predicted molar refractivity (Wildman–Crippen MR) is 89.5 cm³/mol. The SMILES string of the molecule is COCCNC(=O)c1cc2sccc2n1Cc1cccc(F)c1. The molecule has 0 bridgehead atoms. The molecule has 0 unspecified atom stereocenters. The molecule has 0 aliphatic rings. The molecule has 2 aromatic heterocycles. The van der Waals surface area contributed by atoms with E-state index in [-0.39, 0.29) is 11.7 Å². The molecule has 6 heteroatoms. The van der Waals surface area contributed by atoms with E-state index in [0.29, 0.717) is 25.4 Å². The quantitative estimate of drug-likeness (QED) is 0.704. The number of nitrogens with one attached hydrogen (secondary N) is 1. The van der Waals surface area contributed by atoms with Crippen molar-refractivity contribution >= 4 is 27.5 Å². The summed E-state index contributed by atoms with van der Waals surface area (Å²) in [5, 5.41) is 4.82. The predicted octanol–water partition coefficient (Wildman–Crippen LogP) is 3.27. The Hall–Kier alpha value is -2.18. The molecular formula is C17H17FN2O2S. The maximum atomic E-state index is 13.4. The second-order valence-electron chi connectivity index (χ2n) is 5.16. The molecule has 2 heterocycles. The zero-order valence-electron chi connectivity index (χ0n) is 12.7. The van der Waals surface area contributed by atoms with Crippen molar-refractivity contribution in [3.8, 4) is 0 Å². The minimum atomic E-state index is -0.276. The summed E-state index contributed by atoms with van der Waals surface area (Å²) in [5.74, 6) is -0.427. The van der Waals surface area contributed by atoms with E-state index in [4.69, 9.17) is 4.74 Å². The topological polar surface area (TPSA) is 43.3 Å². The number of methoxy groups -OCH3 is 1. The van der Waals surface area contributed by atoms with Crippen molar-refractivity contribution in [3.05, 3.63) is 58.9 Å². The van der Waals surface area contributed by atoms with Crippen molar-refractivity contribution in [3.63, 3.8) is 0 Å². The van der Waals surface area contributed by atoms with E-state index in [1.54, 1.807) is 24.5 Å². The van der Waals surface area contributed by atoms with Crippen molar-refractivity contribution in [1.82, 2.24) is 9.88 Å². The molecule has 0 fully saturated rings. The number of halogens is 1. The highest BCUT2D eigenvalue weighted by atomic mass is 32.1. The van der Waals surface area contributed by atoms with Gasteiger partial charge in [0.1, 0.15) is 11.5 Å². The van der Waals surface area contributed by atoms with E-state index in [9.17, 15) is 9.18 Å². The van der Waals surface area contributed by atoms with Crippen molar-refractivity contribution in [1.29, 1.82) is 0 Å². The van der Waals surface area contributed by atoms with Crippen LogP contribution in [0, 0.1) is 5.82 Å². The number of rotatable bonds is 6. The molecule has 0 spiro atoms. The van der Waals surface area contributed by atoms with Gasteiger partial charge in [-0.2, -0.15) is 0 Å². The minimum absolute atomic E-state index is 0.151. The minimum Gasteiger partial charge on any atom is -0.383 e. The third-order valence-corrected chi connectivity index (χ3v) is 4.43. The fraction of sp³-hybridized carbons (Fsp3) is 0.235. The molecule has 0 saturated heterocycles. The van der Waals surface area contributed by atoms with Gasteiger partial charge in [-0.3, -0.25) is 4.79 Å². The van der Waals surface area contributed by atoms with E-state index in [1.807, 2.05) is 28.1 Å². The number of thiophene rings is 1. The fourth-order valence-corrected chi connectivity index (χ4v) is 3.33. The highest BCUT2D eigenvalue weighted by Gasteiger charge is 2.16. The highest BCUT2D eigenvalue weighted by molar-refractivity contribution is 7.17. The second-order valence-corrected chi connectivity index (χ2v) is 6.11. The van der Waals surface area contributed by atoms with Gasteiger partial charge in [-0.05, 0) is 35.2 Å². The molecule has 120 valence electrons. The Bertz CT molecular complexity index is 825. The summed E-state index contributed by atoms with van der Waals surface area (Å²) in [5.41, 5.74) is 2.38. The van der Waals surface area contributed by atoms with E-state index in [0.717, 1.165) is 15.8 Å². The van der Waals surface area contributed by atoms with Crippen molar-refractivity contribution in [2.75, 3.05) is 20.3 Å². The number of hydrogen-bond donors (Lipinski definition) is 1. The van der Waals surface area contributed by atoms with Crippen molar-refractivity contribution in [2.45, 2.75) is 6.54 Å². The van der Waals surface area contributed by atoms with Gasteiger partial charge >= 0.3 is 0 Å². The van der Waals surface area contributed by atoms with E-state index in [2.05, 4.69) is 5.32 Å². The molecule has 1 amide bonds. The van der Waals surface area contributed by atoms with Crippen LogP contribution in [0.2, 0.25) is 0 Å². The summed E-state index contributed by atoms with van der Waals surface area (Å²) in [6.45, 7) is 1.36. The van der Waals surface area contributed by atoms with Crippen molar-refractivity contribution in [2.24, 2.45) is 0 Å². The standard InChI is InChI=1S/C17H17FN2O2S/c1-22-7-6-19-17(21)15-10-16-14(5-8-23-16)20(15)11-12-3-2-4-13(18)9-12/h2-5,8-10H,6-7,11H2,1H3,(H,19,21). The number of ether oxygens (including phenoxy) is 1. The lowest BCUT2D eigenvalue weighted by Gasteiger charge is -2.11. The molecule has 0 atom stereocenters. The Kier molecular flexibility index (Phi) is 4.73. The molecular weight excluding hydrogens is 315 g/mol. The first-order valence-corrected chi connectivity index (χ1v) is 8.15. The van der Waals surface area contributed by atoms with Crippen LogP contribution in [0.1, 0.15) is 16.1 Å². The van der Waals surface area contributed by atoms with E-state index >= 15 is 0 Å². The number of carbonyl (C=O) groups is 1. The third kappa shape index (κ3) is 3.43. The van der Waals surface area contributed by atoms with Gasteiger partial charge in [0.05, 0.1) is 16.8 Å². The maximum Gasteiger partial charge on any atom is 0.268 e. The number of carbonyl (C=O) groups excluding carboxylic acids is 1. The summed E-state index contributed by atoms with van der Waals surface area (Å²) in [4.78, 5) is 12.4. The molecule has 0 aliphatic heterocycles. The number of amides is 1. The first-order chi connectivity index (χ1) is 11.2. The van der Waals surface area contributed by atoms with Crippen LogP contribution in [0.3, 0.4) is 0 Å². The van der Waals surface area contributed by atoms with Gasteiger partial charge < -0.3 is 14.6 Å². The van der Waals surface area contributed by atoms with Crippen molar-refractivity contribution < 1.29 is 13.9 Å². The van der Waals surface area contributed by atoms with Gasteiger partial charge in [0.15, 0.2) is 0 Å². The highest BCUT2D eigenvalue weighted by Crippen LogP contribution is 2.26. The Morgan fingerprint density at radius 3 is 3.00 bits per heavy atom. The second kappa shape index (κ2) is 6.93. The van der Waals surface area contributed by atoms with Crippen LogP contribution in [-0.4, -0.2) is 30.7 Å². The zero-order valence-corrected chi connectivity index (χ0v) is 13.5. The number of benzene rings is 1. The van der Waals surface area contributed by atoms with Crippen LogP contribution in [0.25, 0.3) is 10.2 Å². The van der Waals surface area contributed by atoms with Gasteiger partial charge in [0.25, 0.3) is 5.91 Å². The Morgan fingerprint density at radius 1 is 1.35 bits per heavy atom. The first kappa shape index (κ1) is 15.7. The van der Waals surface area contributed by atoms with Crippen LogP contribution in [0.5, 0.6) is 0 Å².